The number of likely N-dealkylation sites (tertiary alicyclic amines) is 1. The number of carbonyl (C=O) groups is 1. The second kappa shape index (κ2) is 8.06. The Morgan fingerprint density at radius 3 is 2.48 bits per heavy atom. The summed E-state index contributed by atoms with van der Waals surface area (Å²) in [6.45, 7) is 3.39. The summed E-state index contributed by atoms with van der Waals surface area (Å²) in [5.74, 6) is -0.491. The highest BCUT2D eigenvalue weighted by Gasteiger charge is 2.40. The largest absolute Gasteiger partial charge is 0.383 e. The Balaban J connectivity index is 1.27. The molecule has 2 saturated heterocycles. The topological polar surface area (TPSA) is 63.7 Å². The van der Waals surface area contributed by atoms with E-state index in [-0.39, 0.29) is 5.91 Å². The predicted octanol–water partition coefficient (Wildman–Crippen LogP) is 2.72. The van der Waals surface area contributed by atoms with Gasteiger partial charge in [0.2, 0.25) is 0 Å². The Kier molecular flexibility index (Phi) is 5.36. The fourth-order valence-corrected chi connectivity index (χ4v) is 3.62. The Bertz CT molecular complexity index is 748. The molecule has 1 aromatic carbocycles. The van der Waals surface area contributed by atoms with Crippen molar-refractivity contribution < 1.29 is 14.3 Å². The Morgan fingerprint density at radius 2 is 1.81 bits per heavy atom. The highest BCUT2D eigenvalue weighted by molar-refractivity contribution is 5.92. The van der Waals surface area contributed by atoms with Crippen molar-refractivity contribution in [2.75, 3.05) is 38.2 Å². The molecule has 2 aliphatic rings. The van der Waals surface area contributed by atoms with Crippen molar-refractivity contribution >= 4 is 11.6 Å². The van der Waals surface area contributed by atoms with Crippen molar-refractivity contribution in [2.45, 2.75) is 25.0 Å². The van der Waals surface area contributed by atoms with Crippen LogP contribution in [0.25, 0.3) is 0 Å². The molecule has 2 fully saturated rings. The molecule has 1 amide bonds. The van der Waals surface area contributed by atoms with Gasteiger partial charge in [-0.15, -0.1) is 0 Å². The van der Waals surface area contributed by atoms with Gasteiger partial charge in [-0.25, -0.2) is 4.98 Å². The van der Waals surface area contributed by atoms with Crippen LogP contribution in [0.3, 0.4) is 0 Å². The molecule has 0 bridgehead atoms. The average Bonchev–Trinajstić information content (AvgIpc) is 3.17. The molecule has 27 heavy (non-hydrogen) atoms. The fourth-order valence-electron chi connectivity index (χ4n) is 3.62. The van der Waals surface area contributed by atoms with Gasteiger partial charge in [-0.1, -0.05) is 30.3 Å². The number of pyridine rings is 1. The summed E-state index contributed by atoms with van der Waals surface area (Å²) in [7, 11) is 0. The lowest BCUT2D eigenvalue weighted by Gasteiger charge is -2.37. The summed E-state index contributed by atoms with van der Waals surface area (Å²) in [5, 5.41) is 3.35. The van der Waals surface area contributed by atoms with Crippen molar-refractivity contribution in [3.63, 3.8) is 0 Å². The van der Waals surface area contributed by atoms with E-state index in [4.69, 9.17) is 9.47 Å². The van der Waals surface area contributed by atoms with Gasteiger partial charge in [-0.2, -0.15) is 0 Å². The fraction of sp³-hybridized carbons (Fsp3) is 0.429. The van der Waals surface area contributed by atoms with E-state index in [1.165, 1.54) is 5.56 Å². The highest BCUT2D eigenvalue weighted by Crippen LogP contribution is 2.31. The van der Waals surface area contributed by atoms with Gasteiger partial charge in [0, 0.05) is 32.5 Å². The summed E-state index contributed by atoms with van der Waals surface area (Å²) >= 11 is 0. The SMILES string of the molecule is O=C(c1ccc(NCCc2ccccc2)cn1)N1CCC2(CC1)OCCO2. The van der Waals surface area contributed by atoms with Crippen LogP contribution in [0.4, 0.5) is 5.69 Å². The molecule has 0 atom stereocenters. The first kappa shape index (κ1) is 17.9. The second-order valence-corrected chi connectivity index (χ2v) is 6.99. The number of hydrogen-bond donors (Lipinski definition) is 1. The molecule has 2 aliphatic heterocycles. The van der Waals surface area contributed by atoms with E-state index >= 15 is 0 Å². The van der Waals surface area contributed by atoms with Gasteiger partial charge in [0.25, 0.3) is 5.91 Å². The minimum atomic E-state index is -0.462. The number of rotatable bonds is 5. The van der Waals surface area contributed by atoms with E-state index < -0.39 is 5.79 Å². The van der Waals surface area contributed by atoms with Crippen molar-refractivity contribution in [1.82, 2.24) is 9.88 Å². The summed E-state index contributed by atoms with van der Waals surface area (Å²) < 4.78 is 11.4. The van der Waals surface area contributed by atoms with E-state index in [2.05, 4.69) is 22.4 Å². The molecule has 0 unspecified atom stereocenters. The zero-order chi connectivity index (χ0) is 18.5. The lowest BCUT2D eigenvalue weighted by Crippen LogP contribution is -2.47. The van der Waals surface area contributed by atoms with Crippen molar-refractivity contribution in [3.05, 3.63) is 59.9 Å². The van der Waals surface area contributed by atoms with Gasteiger partial charge in [0.1, 0.15) is 5.69 Å². The van der Waals surface area contributed by atoms with E-state index in [0.29, 0.717) is 32.0 Å². The number of ether oxygens (including phenoxy) is 2. The first-order valence-electron chi connectivity index (χ1n) is 9.55. The normalized spacial score (nSPS) is 18.6. The molecular weight excluding hydrogens is 342 g/mol. The monoisotopic (exact) mass is 367 g/mol. The van der Waals surface area contributed by atoms with Gasteiger partial charge < -0.3 is 19.7 Å². The van der Waals surface area contributed by atoms with Crippen LogP contribution in [0, 0.1) is 0 Å². The number of amides is 1. The van der Waals surface area contributed by atoms with Crippen LogP contribution < -0.4 is 5.32 Å². The van der Waals surface area contributed by atoms with Crippen LogP contribution >= 0.6 is 0 Å². The lowest BCUT2D eigenvalue weighted by molar-refractivity contribution is -0.181. The first-order chi connectivity index (χ1) is 13.2. The van der Waals surface area contributed by atoms with E-state index in [1.807, 2.05) is 29.2 Å². The number of carbonyl (C=O) groups excluding carboxylic acids is 1. The van der Waals surface area contributed by atoms with Crippen LogP contribution in [0.5, 0.6) is 0 Å². The number of nitrogens with zero attached hydrogens (tertiary/aromatic N) is 2. The zero-order valence-corrected chi connectivity index (χ0v) is 15.4. The molecule has 1 aromatic heterocycles. The molecular formula is C21H25N3O3. The van der Waals surface area contributed by atoms with Gasteiger partial charge in [-0.3, -0.25) is 4.79 Å². The minimum Gasteiger partial charge on any atom is -0.383 e. The van der Waals surface area contributed by atoms with Gasteiger partial charge in [0.05, 0.1) is 25.1 Å². The molecule has 6 nitrogen and oxygen atoms in total. The third-order valence-electron chi connectivity index (χ3n) is 5.19. The smallest absolute Gasteiger partial charge is 0.272 e. The number of aromatic nitrogens is 1. The molecule has 0 aliphatic carbocycles. The second-order valence-electron chi connectivity index (χ2n) is 6.99. The number of nitrogens with one attached hydrogen (secondary N) is 1. The predicted molar refractivity (Wildman–Crippen MR) is 103 cm³/mol. The summed E-state index contributed by atoms with van der Waals surface area (Å²) in [6.07, 6.45) is 4.11. The lowest BCUT2D eigenvalue weighted by atomic mass is 10.0. The number of hydrogen-bond acceptors (Lipinski definition) is 5. The molecule has 0 radical (unpaired) electrons. The van der Waals surface area contributed by atoms with Gasteiger partial charge in [-0.05, 0) is 24.1 Å². The molecule has 142 valence electrons. The first-order valence-corrected chi connectivity index (χ1v) is 9.55. The van der Waals surface area contributed by atoms with Gasteiger partial charge in [0.15, 0.2) is 5.79 Å². The Morgan fingerprint density at radius 1 is 1.07 bits per heavy atom. The van der Waals surface area contributed by atoms with E-state index in [1.54, 1.807) is 12.3 Å². The number of piperidine rings is 1. The zero-order valence-electron chi connectivity index (χ0n) is 15.4. The van der Waals surface area contributed by atoms with Crippen molar-refractivity contribution in [3.8, 4) is 0 Å². The number of anilines is 1. The summed E-state index contributed by atoms with van der Waals surface area (Å²) in [5.41, 5.74) is 2.70. The van der Waals surface area contributed by atoms with Crippen LogP contribution in [0.15, 0.2) is 48.7 Å². The van der Waals surface area contributed by atoms with Crippen LogP contribution in [-0.2, 0) is 15.9 Å². The van der Waals surface area contributed by atoms with Crippen molar-refractivity contribution in [1.29, 1.82) is 0 Å². The summed E-state index contributed by atoms with van der Waals surface area (Å²) in [6, 6.07) is 14.1. The third-order valence-corrected chi connectivity index (χ3v) is 5.19. The van der Waals surface area contributed by atoms with E-state index in [9.17, 15) is 4.79 Å². The maximum absolute atomic E-state index is 12.7. The van der Waals surface area contributed by atoms with Crippen LogP contribution in [0.1, 0.15) is 28.9 Å². The van der Waals surface area contributed by atoms with Crippen LogP contribution in [-0.4, -0.2) is 54.4 Å². The number of benzene rings is 1. The van der Waals surface area contributed by atoms with E-state index in [0.717, 1.165) is 31.5 Å². The maximum atomic E-state index is 12.7. The third kappa shape index (κ3) is 4.28. The van der Waals surface area contributed by atoms with Crippen LogP contribution in [0.2, 0.25) is 0 Å². The maximum Gasteiger partial charge on any atom is 0.272 e. The highest BCUT2D eigenvalue weighted by atomic mass is 16.7. The molecule has 4 rings (SSSR count). The molecule has 2 aromatic rings. The quantitative estimate of drug-likeness (QED) is 0.880. The minimum absolute atomic E-state index is 0.0290. The van der Waals surface area contributed by atoms with Crippen molar-refractivity contribution in [2.24, 2.45) is 0 Å². The molecule has 3 heterocycles. The summed E-state index contributed by atoms with van der Waals surface area (Å²) in [4.78, 5) is 18.9. The Labute approximate surface area is 159 Å². The molecule has 1 N–H and O–H groups in total. The average molecular weight is 367 g/mol. The standard InChI is InChI=1S/C21H25N3O3/c25-20(24-12-9-21(10-13-24)26-14-15-27-21)19-7-6-18(16-23-19)22-11-8-17-4-2-1-3-5-17/h1-7,16,22H,8-15H2. The molecule has 1 spiro atoms. The van der Waals surface area contributed by atoms with Gasteiger partial charge >= 0.3 is 0 Å². The molecule has 6 heteroatoms. The Hall–Kier alpha value is -2.44. The molecule has 0 saturated carbocycles.